The Morgan fingerprint density at radius 1 is 1.43 bits per heavy atom. The summed E-state index contributed by atoms with van der Waals surface area (Å²) in [5.41, 5.74) is 3.59. The second-order valence-corrected chi connectivity index (χ2v) is 4.46. The molecule has 0 bridgehead atoms. The van der Waals surface area contributed by atoms with Crippen molar-refractivity contribution >= 4 is 16.8 Å². The van der Waals surface area contributed by atoms with Gasteiger partial charge in [0, 0.05) is 13.4 Å². The first-order chi connectivity index (χ1) is 9.74. The van der Waals surface area contributed by atoms with Crippen LogP contribution >= 0.6 is 0 Å². The zero-order valence-corrected chi connectivity index (χ0v) is 11.1. The van der Waals surface area contributed by atoms with E-state index in [1.54, 1.807) is 6.92 Å². The van der Waals surface area contributed by atoms with Gasteiger partial charge >= 0.3 is 6.18 Å². The molecule has 21 heavy (non-hydrogen) atoms. The molecule has 0 atom stereocenters. The summed E-state index contributed by atoms with van der Waals surface area (Å²) in [7, 11) is 0. The van der Waals surface area contributed by atoms with Crippen molar-refractivity contribution in [1.82, 2.24) is 9.78 Å². The molecular weight excluding hydrogens is 287 g/mol. The molecule has 0 saturated heterocycles. The molecule has 0 fully saturated rings. The summed E-state index contributed by atoms with van der Waals surface area (Å²) in [6, 6.07) is 2.80. The van der Waals surface area contributed by atoms with Gasteiger partial charge in [0.05, 0.1) is 17.5 Å². The first-order valence-corrected chi connectivity index (χ1v) is 6.13. The lowest BCUT2D eigenvalue weighted by molar-refractivity contribution is -0.137. The highest BCUT2D eigenvalue weighted by Crippen LogP contribution is 2.30. The average Bonchev–Trinajstić information content (AvgIpc) is 2.40. The molecule has 1 amide bonds. The SMILES string of the molecule is CCn1nc(CC(N)=O)c(=O)c2ccc(C(F)(F)F)cc21.[HH]. The number of aromatic nitrogens is 2. The van der Waals surface area contributed by atoms with Crippen LogP contribution in [-0.4, -0.2) is 15.7 Å². The van der Waals surface area contributed by atoms with Crippen molar-refractivity contribution in [1.29, 1.82) is 0 Å². The fraction of sp³-hybridized carbons (Fsp3) is 0.308. The number of hydrogen-bond acceptors (Lipinski definition) is 3. The van der Waals surface area contributed by atoms with Crippen LogP contribution in [0.15, 0.2) is 23.0 Å². The van der Waals surface area contributed by atoms with Crippen LogP contribution < -0.4 is 11.2 Å². The summed E-state index contributed by atoms with van der Waals surface area (Å²) in [5.74, 6) is -0.728. The normalized spacial score (nSPS) is 11.8. The fourth-order valence-corrected chi connectivity index (χ4v) is 2.04. The first-order valence-electron chi connectivity index (χ1n) is 6.13. The molecule has 0 radical (unpaired) electrons. The molecule has 1 aromatic carbocycles. The number of carbonyl (C=O) groups is 1. The van der Waals surface area contributed by atoms with Crippen molar-refractivity contribution in [2.75, 3.05) is 0 Å². The summed E-state index contributed by atoms with van der Waals surface area (Å²) in [5, 5.41) is 4.00. The quantitative estimate of drug-likeness (QED) is 0.937. The van der Waals surface area contributed by atoms with Crippen molar-refractivity contribution in [3.05, 3.63) is 39.7 Å². The van der Waals surface area contributed by atoms with Crippen molar-refractivity contribution in [2.45, 2.75) is 26.1 Å². The van der Waals surface area contributed by atoms with Gasteiger partial charge in [-0.3, -0.25) is 14.3 Å². The second kappa shape index (κ2) is 5.19. The van der Waals surface area contributed by atoms with Gasteiger partial charge in [-0.2, -0.15) is 18.3 Å². The van der Waals surface area contributed by atoms with Crippen LogP contribution in [0.5, 0.6) is 0 Å². The molecule has 1 heterocycles. The minimum absolute atomic E-state index is 0. The van der Waals surface area contributed by atoms with Gasteiger partial charge in [0.15, 0.2) is 0 Å². The topological polar surface area (TPSA) is 78.0 Å². The number of amides is 1. The predicted octanol–water partition coefficient (Wildman–Crippen LogP) is 1.71. The molecule has 0 spiro atoms. The lowest BCUT2D eigenvalue weighted by Crippen LogP contribution is -2.25. The van der Waals surface area contributed by atoms with Crippen molar-refractivity contribution < 1.29 is 19.4 Å². The number of carbonyl (C=O) groups excluding carboxylic acids is 1. The van der Waals surface area contributed by atoms with E-state index >= 15 is 0 Å². The summed E-state index contributed by atoms with van der Waals surface area (Å²) < 4.78 is 39.5. The molecule has 5 nitrogen and oxygen atoms in total. The number of nitrogens with two attached hydrogens (primary N) is 1. The van der Waals surface area contributed by atoms with Crippen LogP contribution in [0.25, 0.3) is 10.9 Å². The molecule has 2 N–H and O–H groups in total. The van der Waals surface area contributed by atoms with E-state index in [1.165, 1.54) is 4.68 Å². The van der Waals surface area contributed by atoms with Crippen LogP contribution in [-0.2, 0) is 23.9 Å². The predicted molar refractivity (Wildman–Crippen MR) is 71.7 cm³/mol. The zero-order valence-electron chi connectivity index (χ0n) is 11.1. The van der Waals surface area contributed by atoms with Gasteiger partial charge < -0.3 is 5.73 Å². The zero-order chi connectivity index (χ0) is 15.8. The maximum Gasteiger partial charge on any atom is 0.416 e. The summed E-state index contributed by atoms with van der Waals surface area (Å²) >= 11 is 0. The molecule has 2 rings (SSSR count). The lowest BCUT2D eigenvalue weighted by Gasteiger charge is -2.12. The standard InChI is InChI=1S/C13H12F3N3O2.H2/c1-2-19-10-5-7(13(14,15)16)3-4-8(10)12(21)9(18-19)6-11(17)20;/h3-5H,2,6H2,1H3,(H2,17,20);1H. The number of hydrogen-bond donors (Lipinski definition) is 1. The third kappa shape index (κ3) is 2.88. The van der Waals surface area contributed by atoms with Gasteiger partial charge in [0.1, 0.15) is 5.69 Å². The fourth-order valence-electron chi connectivity index (χ4n) is 2.04. The molecule has 0 aliphatic rings. The van der Waals surface area contributed by atoms with Crippen LogP contribution in [0, 0.1) is 0 Å². The Bertz CT molecular complexity index is 771. The number of halogens is 3. The van der Waals surface area contributed by atoms with E-state index in [2.05, 4.69) is 5.10 Å². The third-order valence-electron chi connectivity index (χ3n) is 2.99. The second-order valence-electron chi connectivity index (χ2n) is 4.46. The lowest BCUT2D eigenvalue weighted by atomic mass is 10.1. The number of benzene rings is 1. The van der Waals surface area contributed by atoms with Crippen molar-refractivity contribution in [3.63, 3.8) is 0 Å². The van der Waals surface area contributed by atoms with E-state index in [4.69, 9.17) is 5.73 Å². The Kier molecular flexibility index (Phi) is 3.71. The molecular formula is C13H14F3N3O2. The molecule has 0 unspecified atom stereocenters. The summed E-state index contributed by atoms with van der Waals surface area (Å²) in [6.07, 6.45) is -4.86. The number of nitrogens with zero attached hydrogens (tertiary/aromatic N) is 2. The van der Waals surface area contributed by atoms with Gasteiger partial charge in [-0.25, -0.2) is 0 Å². The van der Waals surface area contributed by atoms with Gasteiger partial charge in [-0.1, -0.05) is 0 Å². The minimum atomic E-state index is -4.51. The number of fused-ring (bicyclic) bond motifs is 1. The highest BCUT2D eigenvalue weighted by atomic mass is 19.4. The van der Waals surface area contributed by atoms with Crippen LogP contribution in [0.1, 0.15) is 19.6 Å². The van der Waals surface area contributed by atoms with E-state index in [1.807, 2.05) is 0 Å². The van der Waals surface area contributed by atoms with Gasteiger partial charge in [-0.15, -0.1) is 0 Å². The number of alkyl halides is 3. The smallest absolute Gasteiger partial charge is 0.369 e. The summed E-state index contributed by atoms with van der Waals surface area (Å²) in [6.45, 7) is 1.93. The maximum absolute atomic E-state index is 12.7. The average molecular weight is 301 g/mol. The minimum Gasteiger partial charge on any atom is -0.369 e. The molecule has 0 saturated carbocycles. The molecule has 0 aliphatic heterocycles. The number of rotatable bonds is 3. The van der Waals surface area contributed by atoms with E-state index in [9.17, 15) is 22.8 Å². The van der Waals surface area contributed by atoms with Crippen LogP contribution in [0.3, 0.4) is 0 Å². The van der Waals surface area contributed by atoms with E-state index in [0.29, 0.717) is 0 Å². The van der Waals surface area contributed by atoms with Gasteiger partial charge in [0.25, 0.3) is 0 Å². The van der Waals surface area contributed by atoms with E-state index in [-0.39, 0.29) is 31.0 Å². The monoisotopic (exact) mass is 301 g/mol. The molecule has 2 aromatic rings. The van der Waals surface area contributed by atoms with E-state index in [0.717, 1.165) is 18.2 Å². The maximum atomic E-state index is 12.7. The first kappa shape index (κ1) is 15.0. The summed E-state index contributed by atoms with van der Waals surface area (Å²) in [4.78, 5) is 23.1. The highest BCUT2D eigenvalue weighted by Gasteiger charge is 2.31. The Balaban J connectivity index is 0.00000242. The van der Waals surface area contributed by atoms with Crippen molar-refractivity contribution in [3.8, 4) is 0 Å². The highest BCUT2D eigenvalue weighted by molar-refractivity contribution is 5.82. The molecule has 114 valence electrons. The largest absolute Gasteiger partial charge is 0.416 e. The van der Waals surface area contributed by atoms with Gasteiger partial charge in [0.2, 0.25) is 11.3 Å². The van der Waals surface area contributed by atoms with Crippen LogP contribution in [0.2, 0.25) is 0 Å². The molecule has 8 heteroatoms. The third-order valence-corrected chi connectivity index (χ3v) is 2.99. The Labute approximate surface area is 118 Å². The van der Waals surface area contributed by atoms with Gasteiger partial charge in [-0.05, 0) is 25.1 Å². The Morgan fingerprint density at radius 2 is 2.10 bits per heavy atom. The van der Waals surface area contributed by atoms with E-state index < -0.39 is 23.1 Å². The Morgan fingerprint density at radius 3 is 2.62 bits per heavy atom. The van der Waals surface area contributed by atoms with Crippen molar-refractivity contribution in [2.24, 2.45) is 5.73 Å². The molecule has 1 aromatic heterocycles. The Hall–Kier alpha value is -2.38. The van der Waals surface area contributed by atoms with Crippen LogP contribution in [0.4, 0.5) is 13.2 Å². The number of aryl methyl sites for hydroxylation is 1. The number of primary amides is 1. The molecule has 0 aliphatic carbocycles.